The van der Waals surface area contributed by atoms with E-state index in [0.717, 1.165) is 33.9 Å². The van der Waals surface area contributed by atoms with Crippen LogP contribution in [0, 0.1) is 27.7 Å². The van der Waals surface area contributed by atoms with Crippen LogP contribution in [0.2, 0.25) is 0 Å². The Kier molecular flexibility index (Phi) is 8.41. The summed E-state index contributed by atoms with van der Waals surface area (Å²) in [6.45, 7) is 12.5. The zero-order chi connectivity index (χ0) is 16.1. The van der Waals surface area contributed by atoms with Crippen molar-refractivity contribution in [2.45, 2.75) is 47.7 Å². The van der Waals surface area contributed by atoms with Gasteiger partial charge in [0, 0.05) is 16.3 Å². The largest absolute Gasteiger partial charge is 0.357 e. The third-order valence-electron chi connectivity index (χ3n) is 3.20. The van der Waals surface area contributed by atoms with Gasteiger partial charge in [0.25, 0.3) is 0 Å². The lowest BCUT2D eigenvalue weighted by Gasteiger charge is -2.09. The van der Waals surface area contributed by atoms with E-state index in [9.17, 15) is 0 Å². The highest BCUT2D eigenvalue weighted by Gasteiger charge is 2.07. The highest BCUT2D eigenvalue weighted by atomic mass is 127. The number of aromatic nitrogens is 2. The van der Waals surface area contributed by atoms with Crippen LogP contribution in [0.1, 0.15) is 38.1 Å². The molecule has 5 nitrogen and oxygen atoms in total. The summed E-state index contributed by atoms with van der Waals surface area (Å²) >= 11 is 3.44. The summed E-state index contributed by atoms with van der Waals surface area (Å²) in [5.41, 5.74) is 2.19. The van der Waals surface area contributed by atoms with Gasteiger partial charge in [0.15, 0.2) is 5.96 Å². The van der Waals surface area contributed by atoms with E-state index in [2.05, 4.69) is 39.4 Å². The zero-order valence-corrected chi connectivity index (χ0v) is 18.2. The van der Waals surface area contributed by atoms with Crippen LogP contribution in [-0.4, -0.2) is 22.5 Å². The van der Waals surface area contributed by atoms with E-state index >= 15 is 0 Å². The van der Waals surface area contributed by atoms with Crippen molar-refractivity contribution in [3.63, 3.8) is 0 Å². The summed E-state index contributed by atoms with van der Waals surface area (Å²) in [7, 11) is 0. The maximum Gasteiger partial charge on any atom is 0.191 e. The Labute approximate surface area is 163 Å². The van der Waals surface area contributed by atoms with Gasteiger partial charge in [0.05, 0.1) is 29.5 Å². The lowest BCUT2D eigenvalue weighted by atomic mass is 10.4. The molecule has 2 N–H and O–H groups in total. The molecule has 2 heterocycles. The van der Waals surface area contributed by atoms with Crippen molar-refractivity contribution in [2.24, 2.45) is 4.99 Å². The van der Waals surface area contributed by atoms with Crippen molar-refractivity contribution < 1.29 is 0 Å². The van der Waals surface area contributed by atoms with Gasteiger partial charge < -0.3 is 10.6 Å². The molecule has 2 aromatic rings. The van der Waals surface area contributed by atoms with Gasteiger partial charge >= 0.3 is 0 Å². The highest BCUT2D eigenvalue weighted by molar-refractivity contribution is 14.0. The Bertz CT molecular complexity index is 643. The van der Waals surface area contributed by atoms with Gasteiger partial charge in [-0.25, -0.2) is 15.0 Å². The topological polar surface area (TPSA) is 62.2 Å². The molecule has 2 aromatic heterocycles. The monoisotopic (exact) mass is 465 g/mol. The SMILES string of the molecule is CCNC(=NCc1sc(C)nc1C)NCc1nc(C)c(C)s1.I. The number of rotatable bonds is 5. The maximum absolute atomic E-state index is 4.64. The fourth-order valence-electron chi connectivity index (χ4n) is 1.99. The molecular formula is C15H24IN5S2. The molecule has 8 heteroatoms. The number of aryl methyl sites for hydroxylation is 4. The smallest absolute Gasteiger partial charge is 0.191 e. The van der Waals surface area contributed by atoms with Gasteiger partial charge in [-0.1, -0.05) is 0 Å². The fraction of sp³-hybridized carbons (Fsp3) is 0.533. The first-order chi connectivity index (χ1) is 10.5. The number of thiazole rings is 2. The van der Waals surface area contributed by atoms with Crippen LogP contribution in [0.15, 0.2) is 4.99 Å². The number of aliphatic imine (C=N–C) groups is 1. The molecule has 0 saturated carbocycles. The van der Waals surface area contributed by atoms with Gasteiger partial charge in [-0.05, 0) is 34.6 Å². The summed E-state index contributed by atoms with van der Waals surface area (Å²) in [5, 5.41) is 8.80. The highest BCUT2D eigenvalue weighted by Crippen LogP contribution is 2.18. The Morgan fingerprint density at radius 3 is 2.30 bits per heavy atom. The molecule has 0 bridgehead atoms. The molecule has 0 saturated heterocycles. The number of nitrogens with one attached hydrogen (secondary N) is 2. The van der Waals surface area contributed by atoms with Crippen LogP contribution >= 0.6 is 46.7 Å². The molecule has 23 heavy (non-hydrogen) atoms. The van der Waals surface area contributed by atoms with Gasteiger partial charge in [-0.15, -0.1) is 46.7 Å². The Balaban J connectivity index is 0.00000264. The van der Waals surface area contributed by atoms with E-state index in [-0.39, 0.29) is 24.0 Å². The predicted octanol–water partition coefficient (Wildman–Crippen LogP) is 3.71. The summed E-state index contributed by atoms with van der Waals surface area (Å²) in [6, 6.07) is 0. The average Bonchev–Trinajstić information content (AvgIpc) is 2.95. The quantitative estimate of drug-likeness (QED) is 0.402. The predicted molar refractivity (Wildman–Crippen MR) is 110 cm³/mol. The summed E-state index contributed by atoms with van der Waals surface area (Å²) in [4.78, 5) is 16.1. The summed E-state index contributed by atoms with van der Waals surface area (Å²) < 4.78 is 0. The van der Waals surface area contributed by atoms with E-state index in [1.165, 1.54) is 9.75 Å². The summed E-state index contributed by atoms with van der Waals surface area (Å²) in [5.74, 6) is 0.818. The first-order valence-corrected chi connectivity index (χ1v) is 9.01. The molecule has 128 valence electrons. The average molecular weight is 465 g/mol. The summed E-state index contributed by atoms with van der Waals surface area (Å²) in [6.07, 6.45) is 0. The Morgan fingerprint density at radius 2 is 1.78 bits per heavy atom. The number of guanidine groups is 1. The standard InChI is InChI=1S/C15H23N5S2.HI/c1-6-16-15(17-7-13-10(3)19-12(5)22-13)18-8-14-20-9(2)11(4)21-14;/h6-8H2,1-5H3,(H2,16,17,18);1H. The zero-order valence-electron chi connectivity index (χ0n) is 14.2. The van der Waals surface area contributed by atoms with Crippen molar-refractivity contribution in [1.29, 1.82) is 0 Å². The number of nitrogens with zero attached hydrogens (tertiary/aromatic N) is 3. The third kappa shape index (κ3) is 6.00. The fourth-order valence-corrected chi connectivity index (χ4v) is 3.72. The minimum Gasteiger partial charge on any atom is -0.357 e. The molecule has 0 amide bonds. The van der Waals surface area contributed by atoms with E-state index in [1.807, 2.05) is 20.8 Å². The molecular weight excluding hydrogens is 441 g/mol. The Hall–Kier alpha value is -0.740. The van der Waals surface area contributed by atoms with E-state index in [4.69, 9.17) is 0 Å². The Morgan fingerprint density at radius 1 is 1.04 bits per heavy atom. The van der Waals surface area contributed by atoms with Crippen LogP contribution in [0.25, 0.3) is 0 Å². The minimum atomic E-state index is 0. The minimum absolute atomic E-state index is 0. The molecule has 0 spiro atoms. The molecule has 0 fully saturated rings. The van der Waals surface area contributed by atoms with Crippen molar-refractivity contribution >= 4 is 52.6 Å². The van der Waals surface area contributed by atoms with Crippen molar-refractivity contribution in [3.05, 3.63) is 31.2 Å². The van der Waals surface area contributed by atoms with Gasteiger partial charge in [0.2, 0.25) is 0 Å². The van der Waals surface area contributed by atoms with Gasteiger partial charge in [-0.2, -0.15) is 0 Å². The van der Waals surface area contributed by atoms with Crippen LogP contribution in [0.3, 0.4) is 0 Å². The molecule has 0 unspecified atom stereocenters. The molecule has 0 aliphatic carbocycles. The second-order valence-electron chi connectivity index (χ2n) is 5.04. The molecule has 0 aliphatic heterocycles. The molecule has 0 radical (unpaired) electrons. The third-order valence-corrected chi connectivity index (χ3v) is 5.33. The molecule has 2 rings (SSSR count). The first kappa shape index (κ1) is 20.3. The van der Waals surface area contributed by atoms with Gasteiger partial charge in [0.1, 0.15) is 5.01 Å². The van der Waals surface area contributed by atoms with Gasteiger partial charge in [-0.3, -0.25) is 0 Å². The van der Waals surface area contributed by atoms with E-state index in [1.54, 1.807) is 22.7 Å². The van der Waals surface area contributed by atoms with E-state index < -0.39 is 0 Å². The van der Waals surface area contributed by atoms with Crippen LogP contribution in [0.5, 0.6) is 0 Å². The van der Waals surface area contributed by atoms with Crippen LogP contribution in [0.4, 0.5) is 0 Å². The van der Waals surface area contributed by atoms with Crippen LogP contribution < -0.4 is 10.6 Å². The molecule has 0 aliphatic rings. The van der Waals surface area contributed by atoms with Crippen molar-refractivity contribution in [2.75, 3.05) is 6.54 Å². The van der Waals surface area contributed by atoms with Crippen molar-refractivity contribution in [3.8, 4) is 0 Å². The van der Waals surface area contributed by atoms with Crippen molar-refractivity contribution in [1.82, 2.24) is 20.6 Å². The number of hydrogen-bond acceptors (Lipinski definition) is 5. The second-order valence-corrected chi connectivity index (χ2v) is 7.61. The second kappa shape index (κ2) is 9.53. The first-order valence-electron chi connectivity index (χ1n) is 7.37. The van der Waals surface area contributed by atoms with E-state index in [0.29, 0.717) is 13.1 Å². The van der Waals surface area contributed by atoms with Crippen LogP contribution in [-0.2, 0) is 13.1 Å². The molecule has 0 atom stereocenters. The molecule has 0 aromatic carbocycles. The number of halogens is 1. The lowest BCUT2D eigenvalue weighted by molar-refractivity contribution is 0.810. The lowest BCUT2D eigenvalue weighted by Crippen LogP contribution is -2.36. The number of hydrogen-bond donors (Lipinski definition) is 2. The normalized spacial score (nSPS) is 11.3. The maximum atomic E-state index is 4.64.